The van der Waals surface area contributed by atoms with Crippen LogP contribution in [0.15, 0.2) is 24.5 Å². The molecule has 0 saturated heterocycles. The molecule has 5 nitrogen and oxygen atoms in total. The quantitative estimate of drug-likeness (QED) is 0.307. The van der Waals surface area contributed by atoms with Gasteiger partial charge in [-0.3, -0.25) is 0 Å². The number of quaternary nitrogens is 1. The first-order valence-corrected chi connectivity index (χ1v) is 4.71. The van der Waals surface area contributed by atoms with Gasteiger partial charge in [-0.05, 0) is 20.8 Å². The second-order valence-corrected chi connectivity index (χ2v) is 4.49. The largest absolute Gasteiger partial charge is 0.632 e. The van der Waals surface area contributed by atoms with Gasteiger partial charge in [0.1, 0.15) is 0 Å². The Kier molecular flexibility index (Phi) is 2.86. The van der Waals surface area contributed by atoms with E-state index in [-0.39, 0.29) is 5.06 Å². The summed E-state index contributed by atoms with van der Waals surface area (Å²) >= 11 is 0. The first-order valence-electron chi connectivity index (χ1n) is 5.12. The zero-order valence-corrected chi connectivity index (χ0v) is 9.06. The topological polar surface area (TPSA) is 74.7 Å². The van der Waals surface area contributed by atoms with Gasteiger partial charge in [0.15, 0.2) is 12.4 Å². The number of hydrogen-bond acceptors (Lipinski definition) is 3. The number of aliphatic hydroxyl groups is 1. The van der Waals surface area contributed by atoms with E-state index in [2.05, 4.69) is 5.11 Å². The van der Waals surface area contributed by atoms with E-state index < -0.39 is 11.8 Å². The number of aromatic nitrogens is 1. The number of hydroxylamine groups is 2. The minimum atomic E-state index is -0.943. The van der Waals surface area contributed by atoms with Crippen LogP contribution in [0.5, 0.6) is 0 Å². The Hall–Kier alpha value is -1.17. The summed E-state index contributed by atoms with van der Waals surface area (Å²) in [7, 11) is 0. The van der Waals surface area contributed by atoms with E-state index in [9.17, 15) is 10.4 Å². The van der Waals surface area contributed by atoms with Gasteiger partial charge in [-0.2, -0.15) is 4.73 Å². The van der Waals surface area contributed by atoms with Crippen molar-refractivity contribution in [3.05, 3.63) is 40.5 Å². The Bertz CT molecular complexity index is 337. The molecule has 0 amide bonds. The van der Waals surface area contributed by atoms with Crippen LogP contribution >= 0.6 is 0 Å². The van der Waals surface area contributed by atoms with Crippen LogP contribution in [-0.2, 0) is 0 Å². The van der Waals surface area contributed by atoms with Gasteiger partial charge < -0.3 is 20.6 Å². The molecule has 1 aromatic rings. The third kappa shape index (κ3) is 2.89. The van der Waals surface area contributed by atoms with Crippen molar-refractivity contribution in [3.63, 3.8) is 0 Å². The monoisotopic (exact) mass is 213 g/mol. The molecule has 0 saturated carbocycles. The van der Waals surface area contributed by atoms with Crippen molar-refractivity contribution >= 4 is 0 Å². The summed E-state index contributed by atoms with van der Waals surface area (Å²) in [5, 5.41) is 27.1. The molecule has 2 N–H and O–H groups in total. The summed E-state index contributed by atoms with van der Waals surface area (Å²) < 4.78 is 7.57. The first-order chi connectivity index (χ1) is 7.36. The molecule has 1 aromatic heterocycles. The average Bonchev–Trinajstić information content (AvgIpc) is 2.20. The highest BCUT2D eigenvalue weighted by Crippen LogP contribution is 2.06. The molecule has 84 valence electrons. The summed E-state index contributed by atoms with van der Waals surface area (Å²) in [4.78, 5) is 0. The third-order valence-electron chi connectivity index (χ3n) is 2.11. The maximum atomic E-state index is 12.0. The number of aliphatic hydroxyl groups excluding tert-OH is 1. The number of nitrogens with zero attached hydrogens (tertiary/aromatic N) is 1. The van der Waals surface area contributed by atoms with E-state index in [1.165, 1.54) is 24.5 Å². The molecule has 15 heavy (non-hydrogen) atoms. The highest BCUT2D eigenvalue weighted by molar-refractivity contribution is 5.08. The Labute approximate surface area is 90.2 Å². The summed E-state index contributed by atoms with van der Waals surface area (Å²) in [6, 6.07) is 2.96. The van der Waals surface area contributed by atoms with E-state index in [0.29, 0.717) is 10.3 Å². The number of pyridine rings is 1. The zero-order chi connectivity index (χ0) is 12.3. The Morgan fingerprint density at radius 1 is 1.47 bits per heavy atom. The van der Waals surface area contributed by atoms with Crippen LogP contribution in [0.1, 0.15) is 32.6 Å². The second-order valence-electron chi connectivity index (χ2n) is 4.49. The fourth-order valence-electron chi connectivity index (χ4n) is 1.14. The van der Waals surface area contributed by atoms with Crippen molar-refractivity contribution in [1.82, 2.24) is 0 Å². The minimum Gasteiger partial charge on any atom is -0.632 e. The van der Waals surface area contributed by atoms with Gasteiger partial charge in [0.2, 0.25) is 7.66 Å². The third-order valence-corrected chi connectivity index (χ3v) is 2.11. The summed E-state index contributed by atoms with van der Waals surface area (Å²) in [6.45, 7) is 5.29. The lowest BCUT2D eigenvalue weighted by Crippen LogP contribution is -3.15. The molecule has 1 heterocycles. The van der Waals surface area contributed by atoms with Crippen molar-refractivity contribution in [2.75, 3.05) is 0 Å². The Morgan fingerprint density at radius 2 is 2.00 bits per heavy atom. The summed E-state index contributed by atoms with van der Waals surface area (Å²) in [5.74, 6) is 0. The Balaban J connectivity index is 2.94. The Morgan fingerprint density at radius 3 is 2.40 bits per heavy atom. The van der Waals surface area contributed by atoms with Crippen LogP contribution in [0, 0.1) is 10.4 Å². The standard InChI is InChI=1S/C10H16N2O3/c1-10(2,3)12(15)9(13)8-4-6-11(14)7-5-8/h4-7,9,12-13H,1-3H3/i13D. The molecule has 0 aliphatic rings. The average molecular weight is 213 g/mol. The molecule has 2 unspecified atom stereocenters. The van der Waals surface area contributed by atoms with Crippen LogP contribution in [0.4, 0.5) is 0 Å². The van der Waals surface area contributed by atoms with E-state index in [1.807, 2.05) is 0 Å². The highest BCUT2D eigenvalue weighted by Gasteiger charge is 2.26. The molecular weight excluding hydrogens is 196 g/mol. The molecule has 0 bridgehead atoms. The summed E-state index contributed by atoms with van der Waals surface area (Å²) in [5.41, 5.74) is -0.0725. The van der Waals surface area contributed by atoms with Gasteiger partial charge in [-0.15, -0.1) is 0 Å². The molecule has 0 aromatic carbocycles. The number of nitrogens with one attached hydrogen (secondary N) is 1. The molecule has 2 atom stereocenters. The predicted molar refractivity (Wildman–Crippen MR) is 54.4 cm³/mol. The van der Waals surface area contributed by atoms with Gasteiger partial charge >= 0.3 is 0 Å². The number of hydrogen-bond donors (Lipinski definition) is 2. The normalized spacial score (nSPS) is 16.9. The molecule has 5 heteroatoms. The molecule has 0 radical (unpaired) electrons. The van der Waals surface area contributed by atoms with Crippen molar-refractivity contribution in [2.24, 2.45) is 0 Å². The van der Waals surface area contributed by atoms with Gasteiger partial charge in [0.25, 0.3) is 0 Å². The van der Waals surface area contributed by atoms with Crippen LogP contribution in [0.3, 0.4) is 0 Å². The van der Waals surface area contributed by atoms with Gasteiger partial charge in [-0.1, -0.05) is 0 Å². The SMILES string of the molecule is [2H]OC(c1cc[n+]([O-])cc1)[NH+]([O-])C(C)(C)C. The predicted octanol–water partition coefficient (Wildman–Crippen LogP) is -0.508. The fraction of sp³-hybridized carbons (Fsp3) is 0.500. The van der Waals surface area contributed by atoms with Crippen LogP contribution < -0.4 is 9.79 Å². The lowest BCUT2D eigenvalue weighted by atomic mass is 10.1. The molecule has 0 spiro atoms. The first kappa shape index (κ1) is 10.4. The summed E-state index contributed by atoms with van der Waals surface area (Å²) in [6.07, 6.45) is 1.61. The lowest BCUT2D eigenvalue weighted by molar-refractivity contribution is -0.952. The van der Waals surface area contributed by atoms with Crippen molar-refractivity contribution < 1.29 is 14.9 Å². The smallest absolute Gasteiger partial charge is 0.217 e. The maximum Gasteiger partial charge on any atom is 0.217 e. The van der Waals surface area contributed by atoms with E-state index in [0.717, 1.165) is 0 Å². The van der Waals surface area contributed by atoms with E-state index in [1.54, 1.807) is 20.8 Å². The van der Waals surface area contributed by atoms with Gasteiger partial charge in [0, 0.05) is 12.1 Å². The van der Waals surface area contributed by atoms with E-state index in [4.69, 9.17) is 1.43 Å². The molecule has 1 rings (SSSR count). The highest BCUT2D eigenvalue weighted by atomic mass is 16.5. The minimum absolute atomic E-state index is 0.189. The van der Waals surface area contributed by atoms with Crippen molar-refractivity contribution in [2.45, 2.75) is 32.5 Å². The zero-order valence-electron chi connectivity index (χ0n) is 10.1. The van der Waals surface area contributed by atoms with E-state index >= 15 is 0 Å². The molecular formula is C10H16N2O3. The fourth-order valence-corrected chi connectivity index (χ4v) is 1.14. The second kappa shape index (κ2) is 4.14. The van der Waals surface area contributed by atoms with Crippen molar-refractivity contribution in [3.8, 4) is 0 Å². The van der Waals surface area contributed by atoms with Crippen molar-refractivity contribution in [1.29, 1.82) is 1.43 Å². The van der Waals surface area contributed by atoms with Crippen LogP contribution in [0.2, 0.25) is 0 Å². The van der Waals surface area contributed by atoms with Crippen LogP contribution in [0.25, 0.3) is 0 Å². The van der Waals surface area contributed by atoms with Gasteiger partial charge in [0.05, 0.1) is 11.1 Å². The molecule has 0 aliphatic carbocycles. The molecule has 0 aliphatic heterocycles. The molecule has 0 fully saturated rings. The van der Waals surface area contributed by atoms with Gasteiger partial charge in [-0.25, -0.2) is 0 Å². The maximum absolute atomic E-state index is 12.0. The van der Waals surface area contributed by atoms with Crippen LogP contribution in [-0.4, -0.2) is 12.1 Å². The number of rotatable bonds is 3. The lowest BCUT2D eigenvalue weighted by Gasteiger charge is -2.38.